The highest BCUT2D eigenvalue weighted by Gasteiger charge is 2.34. The molecule has 3 aromatic rings. The lowest BCUT2D eigenvalue weighted by Gasteiger charge is -2.27. The van der Waals surface area contributed by atoms with Crippen molar-refractivity contribution >= 4 is 17.5 Å². The molecule has 30 heavy (non-hydrogen) atoms. The Morgan fingerprint density at radius 3 is 2.90 bits per heavy atom. The molecule has 9 nitrogen and oxygen atoms in total. The number of likely N-dealkylation sites (tertiary alicyclic amines) is 1. The highest BCUT2D eigenvalue weighted by Crippen LogP contribution is 2.33. The van der Waals surface area contributed by atoms with Gasteiger partial charge in [0.2, 0.25) is 0 Å². The van der Waals surface area contributed by atoms with Crippen molar-refractivity contribution in [1.29, 1.82) is 0 Å². The van der Waals surface area contributed by atoms with E-state index in [1.165, 1.54) is 0 Å². The van der Waals surface area contributed by atoms with Gasteiger partial charge >= 0.3 is 6.03 Å². The molecule has 0 aromatic carbocycles. The Balaban J connectivity index is 1.53. The number of pyridine rings is 1. The van der Waals surface area contributed by atoms with Crippen molar-refractivity contribution in [2.75, 3.05) is 27.2 Å². The van der Waals surface area contributed by atoms with Crippen molar-refractivity contribution < 1.29 is 9.59 Å². The molecule has 0 unspecified atom stereocenters. The standard InChI is InChI=1S/C21H27N7O2/c1-25(2)21(30)28-13-5-8-17(28)19-24-18(16-7-3-4-12-27(16)19)20(29)23-9-6-11-26-14-10-22-15-26/h3-4,7,10,12,14-15,17H,5-6,8-9,11,13H2,1-2H3,(H,23,29)/t17-/m1/s1. The minimum Gasteiger partial charge on any atom is -0.351 e. The van der Waals surface area contributed by atoms with Gasteiger partial charge in [0.25, 0.3) is 5.91 Å². The van der Waals surface area contributed by atoms with E-state index in [-0.39, 0.29) is 18.0 Å². The Kier molecular flexibility index (Phi) is 5.69. The molecule has 3 aromatic heterocycles. The third-order valence-corrected chi connectivity index (χ3v) is 5.41. The number of aromatic nitrogens is 4. The second-order valence-electron chi connectivity index (χ2n) is 7.71. The molecule has 1 N–H and O–H groups in total. The van der Waals surface area contributed by atoms with Crippen LogP contribution in [-0.4, -0.2) is 67.9 Å². The maximum absolute atomic E-state index is 12.9. The summed E-state index contributed by atoms with van der Waals surface area (Å²) in [5, 5.41) is 2.97. The monoisotopic (exact) mass is 409 g/mol. The molecule has 158 valence electrons. The van der Waals surface area contributed by atoms with E-state index in [1.807, 2.05) is 44.5 Å². The molecule has 1 aliphatic heterocycles. The molecule has 4 heterocycles. The summed E-state index contributed by atoms with van der Waals surface area (Å²) < 4.78 is 3.92. The van der Waals surface area contributed by atoms with Gasteiger partial charge in [0.15, 0.2) is 5.69 Å². The van der Waals surface area contributed by atoms with Crippen LogP contribution >= 0.6 is 0 Å². The normalized spacial score (nSPS) is 16.2. The van der Waals surface area contributed by atoms with E-state index in [9.17, 15) is 9.59 Å². The van der Waals surface area contributed by atoms with Crippen LogP contribution in [0.25, 0.3) is 5.52 Å². The number of hydrogen-bond acceptors (Lipinski definition) is 4. The first kappa shape index (κ1) is 19.9. The zero-order chi connectivity index (χ0) is 21.1. The predicted octanol–water partition coefficient (Wildman–Crippen LogP) is 2.17. The third-order valence-electron chi connectivity index (χ3n) is 5.41. The maximum atomic E-state index is 12.9. The third kappa shape index (κ3) is 3.87. The highest BCUT2D eigenvalue weighted by molar-refractivity contribution is 5.99. The van der Waals surface area contributed by atoms with Crippen molar-refractivity contribution in [1.82, 2.24) is 34.1 Å². The number of nitrogens with one attached hydrogen (secondary N) is 1. The van der Waals surface area contributed by atoms with Crippen molar-refractivity contribution in [2.24, 2.45) is 0 Å². The number of hydrogen-bond donors (Lipinski definition) is 1. The number of imidazole rings is 2. The Labute approximate surface area is 175 Å². The summed E-state index contributed by atoms with van der Waals surface area (Å²) >= 11 is 0. The maximum Gasteiger partial charge on any atom is 0.320 e. The van der Waals surface area contributed by atoms with Crippen LogP contribution in [0.5, 0.6) is 0 Å². The minimum atomic E-state index is -0.195. The first-order valence-corrected chi connectivity index (χ1v) is 10.2. The van der Waals surface area contributed by atoms with Gasteiger partial charge in [-0.25, -0.2) is 14.8 Å². The molecular weight excluding hydrogens is 382 g/mol. The second-order valence-corrected chi connectivity index (χ2v) is 7.71. The van der Waals surface area contributed by atoms with Gasteiger partial charge in [-0.15, -0.1) is 0 Å². The Morgan fingerprint density at radius 2 is 2.13 bits per heavy atom. The Bertz CT molecular complexity index is 1030. The molecule has 4 rings (SSSR count). The zero-order valence-electron chi connectivity index (χ0n) is 17.4. The quantitative estimate of drug-likeness (QED) is 0.632. The molecule has 0 saturated carbocycles. The Morgan fingerprint density at radius 1 is 1.27 bits per heavy atom. The van der Waals surface area contributed by atoms with Gasteiger partial charge in [0.1, 0.15) is 5.82 Å². The zero-order valence-corrected chi connectivity index (χ0v) is 17.4. The average molecular weight is 409 g/mol. The first-order valence-electron chi connectivity index (χ1n) is 10.2. The predicted molar refractivity (Wildman–Crippen MR) is 112 cm³/mol. The number of fused-ring (bicyclic) bond motifs is 1. The summed E-state index contributed by atoms with van der Waals surface area (Å²) in [5.74, 6) is 0.543. The van der Waals surface area contributed by atoms with Crippen molar-refractivity contribution in [3.8, 4) is 0 Å². The van der Waals surface area contributed by atoms with Crippen LogP contribution in [0.1, 0.15) is 41.6 Å². The van der Waals surface area contributed by atoms with E-state index in [0.29, 0.717) is 18.8 Å². The summed E-state index contributed by atoms with van der Waals surface area (Å²) in [6.07, 6.45) is 9.86. The molecule has 1 fully saturated rings. The minimum absolute atomic E-state index is 0.0318. The smallest absolute Gasteiger partial charge is 0.320 e. The number of urea groups is 1. The van der Waals surface area contributed by atoms with Gasteiger partial charge in [-0.05, 0) is 31.4 Å². The van der Waals surface area contributed by atoms with Gasteiger partial charge in [0.05, 0.1) is 17.9 Å². The molecule has 0 aliphatic carbocycles. The molecule has 0 bridgehead atoms. The van der Waals surface area contributed by atoms with Crippen LogP contribution in [0.15, 0.2) is 43.1 Å². The molecule has 0 spiro atoms. The van der Waals surface area contributed by atoms with Gasteiger partial charge < -0.3 is 24.1 Å². The van der Waals surface area contributed by atoms with Crippen LogP contribution in [0.2, 0.25) is 0 Å². The fraction of sp³-hybridized carbons (Fsp3) is 0.429. The molecule has 1 aliphatic rings. The van der Waals surface area contributed by atoms with Crippen LogP contribution in [0.3, 0.4) is 0 Å². The number of carbonyl (C=O) groups excluding carboxylic acids is 2. The summed E-state index contributed by atoms with van der Waals surface area (Å²) in [7, 11) is 3.51. The fourth-order valence-electron chi connectivity index (χ4n) is 3.95. The lowest BCUT2D eigenvalue weighted by atomic mass is 10.2. The number of amides is 3. The van der Waals surface area contributed by atoms with E-state index in [1.54, 1.807) is 31.5 Å². The van der Waals surface area contributed by atoms with Crippen LogP contribution < -0.4 is 5.32 Å². The fourth-order valence-corrected chi connectivity index (χ4v) is 3.95. The molecular formula is C21H27N7O2. The van der Waals surface area contributed by atoms with Gasteiger partial charge in [0, 0.05) is 52.3 Å². The average Bonchev–Trinajstić information content (AvgIpc) is 3.49. The molecule has 1 atom stereocenters. The number of aryl methyl sites for hydroxylation is 1. The Hall–Kier alpha value is -3.36. The van der Waals surface area contributed by atoms with E-state index < -0.39 is 0 Å². The van der Waals surface area contributed by atoms with E-state index in [0.717, 1.165) is 37.1 Å². The molecule has 1 saturated heterocycles. The molecule has 3 amide bonds. The largest absolute Gasteiger partial charge is 0.351 e. The SMILES string of the molecule is CN(C)C(=O)N1CCC[C@@H]1c1nc(C(=O)NCCCn2ccnc2)c2ccccn12. The lowest BCUT2D eigenvalue weighted by molar-refractivity contribution is 0.0949. The van der Waals surface area contributed by atoms with Crippen molar-refractivity contribution in [2.45, 2.75) is 31.8 Å². The van der Waals surface area contributed by atoms with Gasteiger partial charge in [-0.1, -0.05) is 6.07 Å². The summed E-state index contributed by atoms with van der Waals surface area (Å²) in [6.45, 7) is 2.03. The van der Waals surface area contributed by atoms with Gasteiger partial charge in [-0.2, -0.15) is 0 Å². The van der Waals surface area contributed by atoms with E-state index >= 15 is 0 Å². The highest BCUT2D eigenvalue weighted by atomic mass is 16.2. The number of rotatable bonds is 6. The summed E-state index contributed by atoms with van der Waals surface area (Å²) in [4.78, 5) is 37.6. The second kappa shape index (κ2) is 8.56. The van der Waals surface area contributed by atoms with E-state index in [4.69, 9.17) is 4.98 Å². The topological polar surface area (TPSA) is 87.8 Å². The van der Waals surface area contributed by atoms with Crippen LogP contribution in [0.4, 0.5) is 4.79 Å². The number of nitrogens with zero attached hydrogens (tertiary/aromatic N) is 6. The summed E-state index contributed by atoms with van der Waals surface area (Å²) in [6, 6.07) is 5.53. The van der Waals surface area contributed by atoms with Crippen LogP contribution in [0, 0.1) is 0 Å². The van der Waals surface area contributed by atoms with Crippen molar-refractivity contribution in [3.05, 3.63) is 54.6 Å². The first-order chi connectivity index (χ1) is 14.6. The molecule has 0 radical (unpaired) electrons. The summed E-state index contributed by atoms with van der Waals surface area (Å²) in [5.41, 5.74) is 1.15. The van der Waals surface area contributed by atoms with E-state index in [2.05, 4.69) is 10.3 Å². The van der Waals surface area contributed by atoms with Gasteiger partial charge in [-0.3, -0.25) is 4.79 Å². The van der Waals surface area contributed by atoms with Crippen molar-refractivity contribution in [3.63, 3.8) is 0 Å². The molecule has 9 heteroatoms. The van der Waals surface area contributed by atoms with Crippen LogP contribution in [-0.2, 0) is 6.54 Å². The lowest BCUT2D eigenvalue weighted by Crippen LogP contribution is -2.39. The number of carbonyl (C=O) groups is 2.